The lowest BCUT2D eigenvalue weighted by atomic mass is 10.1. The Kier molecular flexibility index (Phi) is 5.42. The van der Waals surface area contributed by atoms with E-state index in [1.54, 1.807) is 12.1 Å². The molecular formula is C22H20ClNO5S. The molecule has 1 aliphatic rings. The summed E-state index contributed by atoms with van der Waals surface area (Å²) in [5.74, 6) is -0.689. The predicted molar refractivity (Wildman–Crippen MR) is 116 cm³/mol. The molecule has 30 heavy (non-hydrogen) atoms. The molecule has 4 rings (SSSR count). The predicted octanol–water partition coefficient (Wildman–Crippen LogP) is 3.58. The molecule has 6 nitrogen and oxygen atoms in total. The van der Waals surface area contributed by atoms with Crippen LogP contribution in [-0.4, -0.2) is 36.8 Å². The molecule has 8 heteroatoms. The molecule has 2 heterocycles. The van der Waals surface area contributed by atoms with Crippen LogP contribution in [0.2, 0.25) is 5.02 Å². The molecular weight excluding hydrogens is 426 g/mol. The van der Waals surface area contributed by atoms with Crippen molar-refractivity contribution in [2.75, 3.05) is 11.5 Å². The first-order chi connectivity index (χ1) is 14.2. The molecule has 1 saturated heterocycles. The van der Waals surface area contributed by atoms with Crippen LogP contribution in [0.25, 0.3) is 11.0 Å². The van der Waals surface area contributed by atoms with Crippen LogP contribution < -0.4 is 5.43 Å². The van der Waals surface area contributed by atoms with Crippen LogP contribution in [0.1, 0.15) is 28.1 Å². The Hall–Kier alpha value is -2.64. The molecule has 2 aromatic carbocycles. The van der Waals surface area contributed by atoms with E-state index in [2.05, 4.69) is 0 Å². The maximum absolute atomic E-state index is 13.3. The van der Waals surface area contributed by atoms with Gasteiger partial charge in [0.1, 0.15) is 5.58 Å². The number of fused-ring (bicyclic) bond motifs is 1. The van der Waals surface area contributed by atoms with Crippen LogP contribution in [0.3, 0.4) is 0 Å². The van der Waals surface area contributed by atoms with Gasteiger partial charge in [-0.15, -0.1) is 0 Å². The van der Waals surface area contributed by atoms with E-state index in [-0.39, 0.29) is 40.2 Å². The van der Waals surface area contributed by atoms with Gasteiger partial charge in [-0.3, -0.25) is 9.59 Å². The van der Waals surface area contributed by atoms with Crippen LogP contribution in [0.4, 0.5) is 0 Å². The van der Waals surface area contributed by atoms with Gasteiger partial charge in [0.15, 0.2) is 21.0 Å². The van der Waals surface area contributed by atoms with E-state index in [0.717, 1.165) is 17.2 Å². The number of amides is 1. The summed E-state index contributed by atoms with van der Waals surface area (Å²) < 4.78 is 29.8. The second-order valence-corrected chi connectivity index (χ2v) is 10.3. The van der Waals surface area contributed by atoms with Gasteiger partial charge in [-0.05, 0) is 37.1 Å². The van der Waals surface area contributed by atoms with E-state index in [1.807, 2.05) is 31.2 Å². The maximum Gasteiger partial charge on any atom is 0.290 e. The molecule has 0 aliphatic carbocycles. The number of carbonyl (C=O) groups is 1. The van der Waals surface area contributed by atoms with Gasteiger partial charge in [-0.1, -0.05) is 41.4 Å². The van der Waals surface area contributed by atoms with Crippen molar-refractivity contribution >= 4 is 38.3 Å². The highest BCUT2D eigenvalue weighted by Gasteiger charge is 2.36. The van der Waals surface area contributed by atoms with Gasteiger partial charge in [0.2, 0.25) is 0 Å². The van der Waals surface area contributed by atoms with Crippen molar-refractivity contribution in [2.45, 2.75) is 25.9 Å². The number of carbonyl (C=O) groups excluding carboxylic acids is 1. The highest BCUT2D eigenvalue weighted by molar-refractivity contribution is 7.91. The zero-order valence-electron chi connectivity index (χ0n) is 16.3. The van der Waals surface area contributed by atoms with Crippen LogP contribution >= 0.6 is 11.6 Å². The summed E-state index contributed by atoms with van der Waals surface area (Å²) in [6.07, 6.45) is 0.355. The van der Waals surface area contributed by atoms with E-state index in [4.69, 9.17) is 16.0 Å². The van der Waals surface area contributed by atoms with Crippen LogP contribution in [0.5, 0.6) is 0 Å². The Morgan fingerprint density at radius 1 is 1.17 bits per heavy atom. The Morgan fingerprint density at radius 2 is 1.90 bits per heavy atom. The molecule has 1 aliphatic heterocycles. The molecule has 1 amide bonds. The minimum absolute atomic E-state index is 0.0372. The number of hydrogen-bond acceptors (Lipinski definition) is 5. The minimum Gasteiger partial charge on any atom is -0.451 e. The molecule has 0 unspecified atom stereocenters. The molecule has 1 aromatic heterocycles. The molecule has 156 valence electrons. The molecule has 0 bridgehead atoms. The highest BCUT2D eigenvalue weighted by atomic mass is 35.5. The smallest absolute Gasteiger partial charge is 0.290 e. The van der Waals surface area contributed by atoms with Crippen molar-refractivity contribution in [2.24, 2.45) is 0 Å². The van der Waals surface area contributed by atoms with E-state index >= 15 is 0 Å². The first-order valence-electron chi connectivity index (χ1n) is 9.52. The Morgan fingerprint density at radius 3 is 2.57 bits per heavy atom. The number of sulfone groups is 1. The van der Waals surface area contributed by atoms with Crippen LogP contribution in [-0.2, 0) is 16.4 Å². The lowest BCUT2D eigenvalue weighted by Crippen LogP contribution is -2.40. The molecule has 0 radical (unpaired) electrons. The van der Waals surface area contributed by atoms with Crippen molar-refractivity contribution in [3.63, 3.8) is 0 Å². The Labute approximate surface area is 179 Å². The molecule has 0 saturated carbocycles. The zero-order chi connectivity index (χ0) is 21.5. The average Bonchev–Trinajstić information content (AvgIpc) is 3.07. The van der Waals surface area contributed by atoms with Gasteiger partial charge in [-0.2, -0.15) is 0 Å². The summed E-state index contributed by atoms with van der Waals surface area (Å²) in [6.45, 7) is 2.19. The number of halogens is 1. The second kappa shape index (κ2) is 7.89. The third-order valence-corrected chi connectivity index (χ3v) is 7.27. The fourth-order valence-corrected chi connectivity index (χ4v) is 5.56. The third-order valence-electron chi connectivity index (χ3n) is 5.28. The van der Waals surface area contributed by atoms with Gasteiger partial charge in [0, 0.05) is 23.7 Å². The number of aryl methyl sites for hydroxylation is 1. The first kappa shape index (κ1) is 20.6. The van der Waals surface area contributed by atoms with Crippen molar-refractivity contribution in [3.05, 3.63) is 80.7 Å². The quantitative estimate of drug-likeness (QED) is 0.612. The summed E-state index contributed by atoms with van der Waals surface area (Å²) in [5, 5.41) is 0.679. The molecule has 0 N–H and O–H groups in total. The number of rotatable bonds is 4. The summed E-state index contributed by atoms with van der Waals surface area (Å²) in [6, 6.07) is 12.9. The van der Waals surface area contributed by atoms with Gasteiger partial charge in [-0.25, -0.2) is 8.42 Å². The first-order valence-corrected chi connectivity index (χ1v) is 11.7. The average molecular weight is 446 g/mol. The molecule has 3 aromatic rings. The van der Waals surface area contributed by atoms with Gasteiger partial charge < -0.3 is 9.32 Å². The largest absolute Gasteiger partial charge is 0.451 e. The zero-order valence-corrected chi connectivity index (χ0v) is 17.9. The summed E-state index contributed by atoms with van der Waals surface area (Å²) in [4.78, 5) is 27.4. The van der Waals surface area contributed by atoms with E-state index in [0.29, 0.717) is 11.4 Å². The van der Waals surface area contributed by atoms with Gasteiger partial charge in [0.05, 0.1) is 16.9 Å². The molecule has 0 spiro atoms. The summed E-state index contributed by atoms with van der Waals surface area (Å²) in [5.41, 5.74) is 1.83. The van der Waals surface area contributed by atoms with Crippen LogP contribution in [0.15, 0.2) is 57.7 Å². The normalized spacial score (nSPS) is 17.9. The summed E-state index contributed by atoms with van der Waals surface area (Å²) >= 11 is 5.95. The van der Waals surface area contributed by atoms with Gasteiger partial charge >= 0.3 is 0 Å². The topological polar surface area (TPSA) is 84.7 Å². The summed E-state index contributed by atoms with van der Waals surface area (Å²) in [7, 11) is -3.20. The highest BCUT2D eigenvalue weighted by Crippen LogP contribution is 2.24. The lowest BCUT2D eigenvalue weighted by molar-refractivity contribution is 0.0648. The van der Waals surface area contributed by atoms with Crippen molar-refractivity contribution in [1.82, 2.24) is 4.90 Å². The Balaban J connectivity index is 1.73. The number of benzene rings is 2. The SMILES string of the molecule is Cc1ccc(CN(C(=O)c2cc(=O)c3cc(Cl)ccc3o2)[C@@H]2CCS(=O)(=O)C2)cc1. The lowest BCUT2D eigenvalue weighted by Gasteiger charge is -2.28. The molecule has 1 fully saturated rings. The number of nitrogens with zero attached hydrogens (tertiary/aromatic N) is 1. The maximum atomic E-state index is 13.3. The Bertz CT molecular complexity index is 1280. The number of hydrogen-bond donors (Lipinski definition) is 0. The van der Waals surface area contributed by atoms with Crippen molar-refractivity contribution in [1.29, 1.82) is 0 Å². The second-order valence-electron chi connectivity index (χ2n) is 7.59. The van der Waals surface area contributed by atoms with E-state index in [9.17, 15) is 18.0 Å². The van der Waals surface area contributed by atoms with E-state index < -0.39 is 21.8 Å². The fourth-order valence-electron chi connectivity index (χ4n) is 3.65. The van der Waals surface area contributed by atoms with Crippen LogP contribution in [0, 0.1) is 6.92 Å². The standard InChI is InChI=1S/C22H20ClNO5S/c1-14-2-4-15(5-3-14)12-24(17-8-9-30(27,28)13-17)22(26)21-11-19(25)18-10-16(23)6-7-20(18)29-21/h2-7,10-11,17H,8-9,12-13H2,1H3/t17-/m1/s1. The van der Waals surface area contributed by atoms with Crippen molar-refractivity contribution in [3.8, 4) is 0 Å². The monoisotopic (exact) mass is 445 g/mol. The fraction of sp³-hybridized carbons (Fsp3) is 0.273. The minimum atomic E-state index is -3.20. The third kappa shape index (κ3) is 4.27. The molecule has 1 atom stereocenters. The van der Waals surface area contributed by atoms with Gasteiger partial charge in [0.25, 0.3) is 5.91 Å². The van der Waals surface area contributed by atoms with E-state index in [1.165, 1.54) is 11.0 Å². The van der Waals surface area contributed by atoms with Crippen molar-refractivity contribution < 1.29 is 17.6 Å².